The average Bonchev–Trinajstić information content (AvgIpc) is 2.56. The smallest absolute Gasteiger partial charge is 0.410 e. The molecule has 0 N–H and O–H groups in total. The lowest BCUT2D eigenvalue weighted by molar-refractivity contribution is -0.155. The van der Waals surface area contributed by atoms with Crippen LogP contribution in [0.15, 0.2) is 0 Å². The predicted molar refractivity (Wildman–Crippen MR) is 91.5 cm³/mol. The first-order valence-corrected chi connectivity index (χ1v) is 8.46. The zero-order valence-corrected chi connectivity index (χ0v) is 16.0. The van der Waals surface area contributed by atoms with E-state index in [2.05, 4.69) is 0 Å². The first-order valence-electron chi connectivity index (χ1n) is 8.46. The normalized spacial score (nSPS) is 13.2. The molecule has 0 fully saturated rings. The molecule has 2 unspecified atom stereocenters. The molecule has 0 saturated heterocycles. The Morgan fingerprint density at radius 3 is 2.00 bits per heavy atom. The molecule has 7 nitrogen and oxygen atoms in total. The zero-order chi connectivity index (χ0) is 18.9. The monoisotopic (exact) mass is 344 g/mol. The summed E-state index contributed by atoms with van der Waals surface area (Å²) >= 11 is 0. The lowest BCUT2D eigenvalue weighted by Gasteiger charge is -2.30. The number of ether oxygens (including phenoxy) is 2. The molecule has 0 rings (SSSR count). The molecule has 7 heteroatoms. The van der Waals surface area contributed by atoms with Crippen LogP contribution in [0, 0.1) is 5.92 Å². The summed E-state index contributed by atoms with van der Waals surface area (Å²) in [5.41, 5.74) is 0. The Kier molecular flexibility index (Phi) is 10.1. The Morgan fingerprint density at radius 1 is 0.917 bits per heavy atom. The second-order valence-corrected chi connectivity index (χ2v) is 6.40. The van der Waals surface area contributed by atoms with E-state index in [1.807, 2.05) is 20.8 Å². The third-order valence-electron chi connectivity index (χ3n) is 3.78. The van der Waals surface area contributed by atoms with E-state index in [1.165, 1.54) is 23.9 Å². The van der Waals surface area contributed by atoms with E-state index in [0.29, 0.717) is 13.2 Å². The summed E-state index contributed by atoms with van der Waals surface area (Å²) < 4.78 is 10.2. The van der Waals surface area contributed by atoms with Gasteiger partial charge in [0, 0.05) is 14.1 Å². The quantitative estimate of drug-likeness (QED) is 0.474. The van der Waals surface area contributed by atoms with Crippen LogP contribution >= 0.6 is 0 Å². The first kappa shape index (κ1) is 22.2. The molecule has 0 saturated carbocycles. The van der Waals surface area contributed by atoms with E-state index < -0.39 is 24.1 Å². The van der Waals surface area contributed by atoms with E-state index in [9.17, 15) is 14.4 Å². The molecule has 0 bridgehead atoms. The summed E-state index contributed by atoms with van der Waals surface area (Å²) in [6, 6.07) is -1.45. The number of rotatable bonds is 9. The third-order valence-corrected chi connectivity index (χ3v) is 3.78. The van der Waals surface area contributed by atoms with E-state index in [0.717, 1.165) is 12.8 Å². The minimum absolute atomic E-state index is 0.227. The van der Waals surface area contributed by atoms with Crippen LogP contribution in [0.3, 0.4) is 0 Å². The van der Waals surface area contributed by atoms with Crippen LogP contribution < -0.4 is 0 Å². The van der Waals surface area contributed by atoms with Gasteiger partial charge in [0.1, 0.15) is 12.1 Å². The lowest BCUT2D eigenvalue weighted by Crippen LogP contribution is -2.51. The highest BCUT2D eigenvalue weighted by Gasteiger charge is 2.31. The number of nitrogens with zero attached hydrogens (tertiary/aromatic N) is 2. The molecule has 0 heterocycles. The number of esters is 1. The van der Waals surface area contributed by atoms with Crippen LogP contribution in [0.2, 0.25) is 0 Å². The van der Waals surface area contributed by atoms with Gasteiger partial charge in [-0.1, -0.05) is 27.2 Å². The van der Waals surface area contributed by atoms with Gasteiger partial charge >= 0.3 is 12.1 Å². The topological polar surface area (TPSA) is 76.2 Å². The van der Waals surface area contributed by atoms with Crippen molar-refractivity contribution < 1.29 is 23.9 Å². The van der Waals surface area contributed by atoms with Crippen LogP contribution in [0.25, 0.3) is 0 Å². The Labute approximate surface area is 145 Å². The molecule has 0 aromatic rings. The predicted octanol–water partition coefficient (Wildman–Crippen LogP) is 2.29. The summed E-state index contributed by atoms with van der Waals surface area (Å²) in [5.74, 6) is -0.580. The number of likely N-dealkylation sites (N-methyl/N-ethyl adjacent to an activating group) is 2. The third kappa shape index (κ3) is 7.19. The molecule has 0 aromatic carbocycles. The van der Waals surface area contributed by atoms with Gasteiger partial charge < -0.3 is 14.4 Å². The maximum absolute atomic E-state index is 12.5. The molecule has 0 spiro atoms. The van der Waals surface area contributed by atoms with Crippen molar-refractivity contribution in [3.8, 4) is 0 Å². The number of hydrogen-bond donors (Lipinski definition) is 0. The maximum Gasteiger partial charge on any atom is 0.410 e. The molecule has 0 aromatic heterocycles. The molecule has 0 radical (unpaired) electrons. The van der Waals surface area contributed by atoms with Gasteiger partial charge in [-0.25, -0.2) is 9.59 Å². The molecule has 0 aliphatic heterocycles. The molecule has 24 heavy (non-hydrogen) atoms. The number of hydrogen-bond acceptors (Lipinski definition) is 5. The van der Waals surface area contributed by atoms with Crippen molar-refractivity contribution in [3.63, 3.8) is 0 Å². The van der Waals surface area contributed by atoms with Gasteiger partial charge in [0.05, 0.1) is 13.2 Å². The maximum atomic E-state index is 12.5. The van der Waals surface area contributed by atoms with E-state index in [-0.39, 0.29) is 11.8 Å². The van der Waals surface area contributed by atoms with Crippen LogP contribution in [0.4, 0.5) is 4.79 Å². The van der Waals surface area contributed by atoms with Gasteiger partial charge in [-0.2, -0.15) is 0 Å². The number of carbonyl (C=O) groups is 3. The molecule has 2 amide bonds. The van der Waals surface area contributed by atoms with Crippen LogP contribution in [-0.4, -0.2) is 67.2 Å². The number of unbranched alkanes of at least 4 members (excludes halogenated alkanes) is 1. The van der Waals surface area contributed by atoms with Crippen LogP contribution in [-0.2, 0) is 19.1 Å². The van der Waals surface area contributed by atoms with Crippen molar-refractivity contribution in [2.24, 2.45) is 5.92 Å². The fourth-order valence-corrected chi connectivity index (χ4v) is 1.74. The van der Waals surface area contributed by atoms with Crippen LogP contribution in [0.5, 0.6) is 0 Å². The van der Waals surface area contributed by atoms with E-state index >= 15 is 0 Å². The molecular weight excluding hydrogens is 312 g/mol. The summed E-state index contributed by atoms with van der Waals surface area (Å²) in [6.07, 6.45) is 1.15. The molecule has 0 aliphatic rings. The lowest BCUT2D eigenvalue weighted by atomic mass is 10.2. The zero-order valence-electron chi connectivity index (χ0n) is 16.0. The highest BCUT2D eigenvalue weighted by atomic mass is 16.6. The molecule has 2 atom stereocenters. The fraction of sp³-hybridized carbons (Fsp3) is 0.824. The van der Waals surface area contributed by atoms with E-state index in [4.69, 9.17) is 9.47 Å². The fourth-order valence-electron chi connectivity index (χ4n) is 1.74. The van der Waals surface area contributed by atoms with Crippen molar-refractivity contribution in [3.05, 3.63) is 0 Å². The minimum atomic E-state index is -0.732. The summed E-state index contributed by atoms with van der Waals surface area (Å²) in [7, 11) is 3.03. The SMILES string of the molecule is CCCCOC(=O)N(C)C(C)C(=O)N(C)C(C)C(=O)OCC(C)C. The summed E-state index contributed by atoms with van der Waals surface area (Å²) in [5, 5.41) is 0. The number of amides is 2. The van der Waals surface area contributed by atoms with Crippen molar-refractivity contribution in [2.75, 3.05) is 27.3 Å². The van der Waals surface area contributed by atoms with Gasteiger partial charge in [-0.05, 0) is 26.2 Å². The van der Waals surface area contributed by atoms with Gasteiger partial charge in [0.15, 0.2) is 0 Å². The van der Waals surface area contributed by atoms with Gasteiger partial charge in [-0.3, -0.25) is 9.69 Å². The second kappa shape index (κ2) is 10.9. The van der Waals surface area contributed by atoms with Gasteiger partial charge in [0.25, 0.3) is 0 Å². The second-order valence-electron chi connectivity index (χ2n) is 6.40. The van der Waals surface area contributed by atoms with Crippen molar-refractivity contribution in [1.82, 2.24) is 9.80 Å². The Balaban J connectivity index is 4.63. The Hall–Kier alpha value is -1.79. The molecule has 140 valence electrons. The summed E-state index contributed by atoms with van der Waals surface area (Å²) in [6.45, 7) is 9.72. The van der Waals surface area contributed by atoms with Crippen LogP contribution in [0.1, 0.15) is 47.5 Å². The standard InChI is InChI=1S/C17H32N2O5/c1-8-9-10-23-17(22)19(7)13(4)15(20)18(6)14(5)16(21)24-11-12(2)3/h12-14H,8-11H2,1-7H3. The first-order chi connectivity index (χ1) is 11.1. The highest BCUT2D eigenvalue weighted by Crippen LogP contribution is 2.08. The minimum Gasteiger partial charge on any atom is -0.464 e. The van der Waals surface area contributed by atoms with Gasteiger partial charge in [0.2, 0.25) is 5.91 Å². The van der Waals surface area contributed by atoms with E-state index in [1.54, 1.807) is 13.8 Å². The number of carbonyl (C=O) groups excluding carboxylic acids is 3. The molecule has 0 aliphatic carbocycles. The average molecular weight is 344 g/mol. The largest absolute Gasteiger partial charge is 0.464 e. The van der Waals surface area contributed by atoms with Crippen molar-refractivity contribution >= 4 is 18.0 Å². The van der Waals surface area contributed by atoms with Crippen molar-refractivity contribution in [1.29, 1.82) is 0 Å². The van der Waals surface area contributed by atoms with Gasteiger partial charge in [-0.15, -0.1) is 0 Å². The Morgan fingerprint density at radius 2 is 1.50 bits per heavy atom. The summed E-state index contributed by atoms with van der Waals surface area (Å²) in [4.78, 5) is 38.9. The van der Waals surface area contributed by atoms with Crippen molar-refractivity contribution in [2.45, 2.75) is 59.5 Å². The highest BCUT2D eigenvalue weighted by molar-refractivity contribution is 5.89. The molecular formula is C17H32N2O5. The Bertz CT molecular complexity index is 425.